The average Bonchev–Trinajstić information content (AvgIpc) is 3.24. The summed E-state index contributed by atoms with van der Waals surface area (Å²) in [5, 5.41) is 7.27. The average molecular weight is 372 g/mol. The Hall–Kier alpha value is -3.18. The summed E-state index contributed by atoms with van der Waals surface area (Å²) in [4.78, 5) is 17.1. The van der Waals surface area contributed by atoms with Gasteiger partial charge in [-0.2, -0.15) is 0 Å². The molecule has 1 amide bonds. The fourth-order valence-corrected chi connectivity index (χ4v) is 4.37. The largest absolute Gasteiger partial charge is 0.464 e. The lowest BCUT2D eigenvalue weighted by molar-refractivity contribution is -0.115. The number of anilines is 1. The Morgan fingerprint density at radius 3 is 2.96 bits per heavy atom. The van der Waals surface area contributed by atoms with Crippen molar-refractivity contribution in [3.8, 4) is 0 Å². The standard InChI is InChI=1S/C22H16N2O2S/c1-13-23-18-8-7-16(11-20(18)27-13)24-21(25)10-15-12-26-19-9-6-14-4-2-3-5-17(14)22(15)19/h2-9,11-12H,10H2,1H3,(H,24,25). The number of furan rings is 1. The number of carbonyl (C=O) groups is 1. The highest BCUT2D eigenvalue weighted by Crippen LogP contribution is 2.30. The lowest BCUT2D eigenvalue weighted by Gasteiger charge is -2.05. The van der Waals surface area contributed by atoms with E-state index < -0.39 is 0 Å². The summed E-state index contributed by atoms with van der Waals surface area (Å²) in [6.45, 7) is 1.98. The fraction of sp³-hybridized carbons (Fsp3) is 0.0909. The number of thiazole rings is 1. The van der Waals surface area contributed by atoms with Crippen LogP contribution < -0.4 is 5.32 Å². The Morgan fingerprint density at radius 2 is 2.04 bits per heavy atom. The minimum Gasteiger partial charge on any atom is -0.464 e. The van der Waals surface area contributed by atoms with Crippen molar-refractivity contribution in [3.63, 3.8) is 0 Å². The number of aryl methyl sites for hydroxylation is 1. The van der Waals surface area contributed by atoms with Crippen molar-refractivity contribution in [2.75, 3.05) is 5.32 Å². The van der Waals surface area contributed by atoms with E-state index in [1.54, 1.807) is 17.6 Å². The lowest BCUT2D eigenvalue weighted by Crippen LogP contribution is -2.14. The highest BCUT2D eigenvalue weighted by molar-refractivity contribution is 7.18. The number of aromatic nitrogens is 1. The molecular formula is C22H16N2O2S. The lowest BCUT2D eigenvalue weighted by atomic mass is 10.0. The third-order valence-electron chi connectivity index (χ3n) is 4.67. The van der Waals surface area contributed by atoms with Gasteiger partial charge in [-0.25, -0.2) is 4.98 Å². The van der Waals surface area contributed by atoms with E-state index in [0.717, 1.165) is 48.2 Å². The summed E-state index contributed by atoms with van der Waals surface area (Å²) in [6.07, 6.45) is 1.95. The van der Waals surface area contributed by atoms with Crippen molar-refractivity contribution in [1.82, 2.24) is 4.98 Å². The molecule has 132 valence electrons. The molecule has 0 aliphatic heterocycles. The number of amides is 1. The number of rotatable bonds is 3. The summed E-state index contributed by atoms with van der Waals surface area (Å²) in [5.41, 5.74) is 3.45. The second-order valence-corrected chi connectivity index (χ2v) is 7.80. The Labute approximate surface area is 159 Å². The molecule has 0 aliphatic carbocycles. The maximum atomic E-state index is 12.6. The molecule has 2 aromatic heterocycles. The molecule has 0 saturated carbocycles. The quantitative estimate of drug-likeness (QED) is 0.443. The number of nitrogens with zero attached hydrogens (tertiary/aromatic N) is 1. The normalized spacial score (nSPS) is 11.4. The molecule has 0 saturated heterocycles. The molecule has 0 aliphatic rings. The third-order valence-corrected chi connectivity index (χ3v) is 5.60. The van der Waals surface area contributed by atoms with Crippen molar-refractivity contribution in [2.45, 2.75) is 13.3 Å². The zero-order chi connectivity index (χ0) is 18.4. The van der Waals surface area contributed by atoms with Crippen LogP contribution in [0.4, 0.5) is 5.69 Å². The van der Waals surface area contributed by atoms with Crippen molar-refractivity contribution in [3.05, 3.63) is 71.4 Å². The van der Waals surface area contributed by atoms with E-state index in [2.05, 4.69) is 22.4 Å². The first kappa shape index (κ1) is 16.0. The van der Waals surface area contributed by atoms with Crippen LogP contribution in [-0.2, 0) is 11.2 Å². The SMILES string of the molecule is Cc1nc2ccc(NC(=O)Cc3coc4ccc5ccccc5c34)cc2s1. The van der Waals surface area contributed by atoms with Crippen LogP contribution in [0.1, 0.15) is 10.6 Å². The van der Waals surface area contributed by atoms with Crippen molar-refractivity contribution >= 4 is 54.9 Å². The molecule has 2 heterocycles. The van der Waals surface area contributed by atoms with Gasteiger partial charge in [0.05, 0.1) is 27.9 Å². The van der Waals surface area contributed by atoms with E-state index in [0.29, 0.717) is 0 Å². The predicted molar refractivity (Wildman–Crippen MR) is 110 cm³/mol. The molecule has 5 heteroatoms. The topological polar surface area (TPSA) is 55.1 Å². The molecule has 4 nitrogen and oxygen atoms in total. The first-order chi connectivity index (χ1) is 13.2. The predicted octanol–water partition coefficient (Wildman–Crippen LogP) is 5.69. The van der Waals surface area contributed by atoms with Crippen LogP contribution in [0.25, 0.3) is 32.0 Å². The number of carbonyl (C=O) groups excluding carboxylic acids is 1. The molecule has 0 radical (unpaired) electrons. The molecule has 0 fully saturated rings. The van der Waals surface area contributed by atoms with Gasteiger partial charge in [0.1, 0.15) is 5.58 Å². The Kier molecular flexibility index (Phi) is 3.69. The van der Waals surface area contributed by atoms with Crippen LogP contribution in [0.2, 0.25) is 0 Å². The summed E-state index contributed by atoms with van der Waals surface area (Å²) < 4.78 is 6.76. The van der Waals surface area contributed by atoms with Gasteiger partial charge in [-0.15, -0.1) is 11.3 Å². The summed E-state index contributed by atoms with van der Waals surface area (Å²) in [5.74, 6) is -0.0637. The zero-order valence-electron chi connectivity index (χ0n) is 14.7. The highest BCUT2D eigenvalue weighted by Gasteiger charge is 2.13. The Morgan fingerprint density at radius 1 is 1.15 bits per heavy atom. The van der Waals surface area contributed by atoms with Gasteiger partial charge in [-0.1, -0.05) is 30.3 Å². The second kappa shape index (κ2) is 6.21. The van der Waals surface area contributed by atoms with Crippen LogP contribution in [0, 0.1) is 6.92 Å². The maximum absolute atomic E-state index is 12.6. The van der Waals surface area contributed by atoms with E-state index in [-0.39, 0.29) is 12.3 Å². The molecule has 0 atom stereocenters. The maximum Gasteiger partial charge on any atom is 0.228 e. The molecule has 0 unspecified atom stereocenters. The van der Waals surface area contributed by atoms with Gasteiger partial charge in [0.25, 0.3) is 0 Å². The number of nitrogens with one attached hydrogen (secondary N) is 1. The highest BCUT2D eigenvalue weighted by atomic mass is 32.1. The first-order valence-electron chi connectivity index (χ1n) is 8.72. The minimum atomic E-state index is -0.0637. The van der Waals surface area contributed by atoms with E-state index in [4.69, 9.17) is 4.42 Å². The Balaban J connectivity index is 1.45. The van der Waals surface area contributed by atoms with Gasteiger partial charge >= 0.3 is 0 Å². The molecule has 27 heavy (non-hydrogen) atoms. The molecular weight excluding hydrogens is 356 g/mol. The van der Waals surface area contributed by atoms with Crippen molar-refractivity contribution in [2.24, 2.45) is 0 Å². The monoisotopic (exact) mass is 372 g/mol. The number of benzene rings is 3. The van der Waals surface area contributed by atoms with Gasteiger partial charge in [-0.05, 0) is 42.0 Å². The zero-order valence-corrected chi connectivity index (χ0v) is 15.5. The summed E-state index contributed by atoms with van der Waals surface area (Å²) in [6, 6.07) is 17.9. The van der Waals surface area contributed by atoms with E-state index in [1.165, 1.54) is 0 Å². The molecule has 0 spiro atoms. The van der Waals surface area contributed by atoms with Gasteiger partial charge < -0.3 is 9.73 Å². The molecule has 1 N–H and O–H groups in total. The van der Waals surface area contributed by atoms with E-state index in [9.17, 15) is 4.79 Å². The van der Waals surface area contributed by atoms with Crippen molar-refractivity contribution < 1.29 is 9.21 Å². The molecule has 5 rings (SSSR count). The van der Waals surface area contributed by atoms with Crippen LogP contribution >= 0.6 is 11.3 Å². The van der Waals surface area contributed by atoms with Crippen molar-refractivity contribution in [1.29, 1.82) is 0 Å². The van der Waals surface area contributed by atoms with E-state index >= 15 is 0 Å². The number of fused-ring (bicyclic) bond motifs is 4. The van der Waals surface area contributed by atoms with Crippen LogP contribution in [0.5, 0.6) is 0 Å². The van der Waals surface area contributed by atoms with Gasteiger partial charge in [0.2, 0.25) is 5.91 Å². The molecule has 5 aromatic rings. The Bertz CT molecular complexity index is 1320. The molecule has 0 bridgehead atoms. The summed E-state index contributed by atoms with van der Waals surface area (Å²) >= 11 is 1.62. The smallest absolute Gasteiger partial charge is 0.228 e. The van der Waals surface area contributed by atoms with Gasteiger partial charge in [0, 0.05) is 16.6 Å². The second-order valence-electron chi connectivity index (χ2n) is 6.56. The fourth-order valence-electron chi connectivity index (χ4n) is 3.50. The van der Waals surface area contributed by atoms with E-state index in [1.807, 2.05) is 49.4 Å². The van der Waals surface area contributed by atoms with Gasteiger partial charge in [-0.3, -0.25) is 4.79 Å². The van der Waals surface area contributed by atoms with Crippen LogP contribution in [-0.4, -0.2) is 10.9 Å². The van der Waals surface area contributed by atoms with Gasteiger partial charge in [0.15, 0.2) is 0 Å². The third kappa shape index (κ3) is 2.86. The first-order valence-corrected chi connectivity index (χ1v) is 9.54. The minimum absolute atomic E-state index is 0.0637. The number of hydrogen-bond acceptors (Lipinski definition) is 4. The molecule has 3 aromatic carbocycles. The summed E-state index contributed by atoms with van der Waals surface area (Å²) in [7, 11) is 0. The number of hydrogen-bond donors (Lipinski definition) is 1. The van der Waals surface area contributed by atoms with Crippen LogP contribution in [0.3, 0.4) is 0 Å². The van der Waals surface area contributed by atoms with Crippen LogP contribution in [0.15, 0.2) is 65.3 Å².